The molecule has 0 bridgehead atoms. The second-order valence-electron chi connectivity index (χ2n) is 20.8. The van der Waals surface area contributed by atoms with E-state index in [1.165, 1.54) is 193 Å². The third-order valence-electron chi connectivity index (χ3n) is 13.3. The molecule has 0 heterocycles. The van der Waals surface area contributed by atoms with Gasteiger partial charge in [-0.1, -0.05) is 273 Å². The average molecular weight is 892 g/mol. The minimum absolute atomic E-state index is 0.0642. The van der Waals surface area contributed by atoms with E-state index in [-0.39, 0.29) is 31.1 Å². The summed E-state index contributed by atoms with van der Waals surface area (Å²) in [5.74, 6) is 1.68. The van der Waals surface area contributed by atoms with Gasteiger partial charge in [-0.15, -0.1) is 0 Å². The number of carbonyl (C=O) groups excluding carboxylic acids is 3. The highest BCUT2D eigenvalue weighted by atomic mass is 16.6. The Bertz CT molecular complexity index is 978. The lowest BCUT2D eigenvalue weighted by atomic mass is 9.99. The first-order valence-corrected chi connectivity index (χ1v) is 28.1. The summed E-state index contributed by atoms with van der Waals surface area (Å²) in [5, 5.41) is 0. The Morgan fingerprint density at radius 1 is 0.317 bits per heavy atom. The molecule has 1 unspecified atom stereocenters. The number of hydrogen-bond acceptors (Lipinski definition) is 6. The molecule has 63 heavy (non-hydrogen) atoms. The van der Waals surface area contributed by atoms with Crippen LogP contribution in [0.1, 0.15) is 311 Å². The molecular formula is C57H110O6. The Morgan fingerprint density at radius 2 is 0.556 bits per heavy atom. The van der Waals surface area contributed by atoms with Gasteiger partial charge in [0.2, 0.25) is 0 Å². The Labute approximate surface area is 393 Å². The Hall–Kier alpha value is -1.59. The zero-order chi connectivity index (χ0) is 46.3. The molecule has 0 spiro atoms. The summed E-state index contributed by atoms with van der Waals surface area (Å²) >= 11 is 0. The van der Waals surface area contributed by atoms with Crippen LogP contribution < -0.4 is 0 Å². The topological polar surface area (TPSA) is 78.9 Å². The van der Waals surface area contributed by atoms with Crippen molar-refractivity contribution in [1.82, 2.24) is 0 Å². The second kappa shape index (κ2) is 48.3. The Kier molecular flexibility index (Phi) is 47.1. The normalized spacial score (nSPS) is 12.6. The predicted molar refractivity (Wildman–Crippen MR) is 270 cm³/mol. The van der Waals surface area contributed by atoms with Crippen LogP contribution in [0.5, 0.6) is 0 Å². The molecule has 0 saturated heterocycles. The van der Waals surface area contributed by atoms with E-state index < -0.39 is 6.10 Å². The van der Waals surface area contributed by atoms with Gasteiger partial charge in [0.05, 0.1) is 0 Å². The van der Waals surface area contributed by atoms with E-state index in [4.69, 9.17) is 14.2 Å². The maximum absolute atomic E-state index is 12.8. The lowest BCUT2D eigenvalue weighted by molar-refractivity contribution is -0.167. The van der Waals surface area contributed by atoms with Crippen LogP contribution in [-0.2, 0) is 28.6 Å². The maximum Gasteiger partial charge on any atom is 0.306 e. The zero-order valence-corrected chi connectivity index (χ0v) is 43.4. The van der Waals surface area contributed by atoms with Crippen LogP contribution in [-0.4, -0.2) is 37.2 Å². The van der Waals surface area contributed by atoms with E-state index >= 15 is 0 Å². The number of ether oxygens (including phenoxy) is 3. The van der Waals surface area contributed by atoms with Gasteiger partial charge in [-0.3, -0.25) is 14.4 Å². The van der Waals surface area contributed by atoms with E-state index in [9.17, 15) is 14.4 Å². The van der Waals surface area contributed by atoms with Gasteiger partial charge in [0.1, 0.15) is 13.2 Å². The maximum atomic E-state index is 12.8. The van der Waals surface area contributed by atoms with Gasteiger partial charge < -0.3 is 14.2 Å². The molecule has 0 aliphatic carbocycles. The molecule has 0 aromatic carbocycles. The fourth-order valence-corrected chi connectivity index (χ4v) is 8.61. The minimum atomic E-state index is -0.763. The van der Waals surface area contributed by atoms with Crippen molar-refractivity contribution in [2.24, 2.45) is 17.8 Å². The molecule has 0 aliphatic rings. The third-order valence-corrected chi connectivity index (χ3v) is 13.3. The van der Waals surface area contributed by atoms with Crippen LogP contribution >= 0.6 is 0 Å². The Balaban J connectivity index is 4.27. The van der Waals surface area contributed by atoms with Crippen LogP contribution in [0.3, 0.4) is 0 Å². The molecule has 0 aliphatic heterocycles. The molecule has 0 fully saturated rings. The zero-order valence-electron chi connectivity index (χ0n) is 43.4. The number of esters is 3. The highest BCUT2D eigenvalue weighted by molar-refractivity contribution is 5.71. The monoisotopic (exact) mass is 891 g/mol. The van der Waals surface area contributed by atoms with Crippen LogP contribution in [0.15, 0.2) is 0 Å². The molecule has 0 rings (SSSR count). The highest BCUT2D eigenvalue weighted by Crippen LogP contribution is 2.18. The van der Waals surface area contributed by atoms with E-state index in [0.717, 1.165) is 75.5 Å². The Morgan fingerprint density at radius 3 is 0.825 bits per heavy atom. The highest BCUT2D eigenvalue weighted by Gasteiger charge is 2.19. The van der Waals surface area contributed by atoms with Crippen molar-refractivity contribution in [3.05, 3.63) is 0 Å². The van der Waals surface area contributed by atoms with E-state index in [2.05, 4.69) is 41.5 Å². The fourth-order valence-electron chi connectivity index (χ4n) is 8.61. The van der Waals surface area contributed by atoms with Gasteiger partial charge in [0, 0.05) is 19.3 Å². The standard InChI is InChI=1S/C57H110O6/c1-7-53(6)45-39-33-27-21-16-17-23-29-35-41-47-56(59)62-50-54(63-57(60)48-42-36-30-24-18-20-26-32-38-44-52(4)5)49-61-55(58)46-40-34-28-22-15-13-11-9-8-10-12-14-19-25-31-37-43-51(2)3/h51-54H,7-50H2,1-6H3/t53?,54-/m1/s1. The van der Waals surface area contributed by atoms with Gasteiger partial charge in [0.15, 0.2) is 6.10 Å². The number of rotatable bonds is 50. The van der Waals surface area contributed by atoms with Crippen molar-refractivity contribution in [3.8, 4) is 0 Å². The minimum Gasteiger partial charge on any atom is -0.462 e. The molecule has 6 nitrogen and oxygen atoms in total. The summed E-state index contributed by atoms with van der Waals surface area (Å²) in [6, 6.07) is 0. The SMILES string of the molecule is CCC(C)CCCCCCCCCCCCC(=O)OC[C@@H](COC(=O)CCCCCCCCCCCCCCCCCCC(C)C)OC(=O)CCCCCCCCCCCC(C)C. The molecule has 0 N–H and O–H groups in total. The molecule has 0 saturated carbocycles. The van der Waals surface area contributed by atoms with Gasteiger partial charge >= 0.3 is 17.9 Å². The first-order chi connectivity index (χ1) is 30.6. The molecule has 0 radical (unpaired) electrons. The number of unbranched alkanes of at least 4 members (excludes halogenated alkanes) is 32. The summed E-state index contributed by atoms with van der Waals surface area (Å²) in [6.07, 6.45) is 49.5. The van der Waals surface area contributed by atoms with Crippen LogP contribution in [0.4, 0.5) is 0 Å². The van der Waals surface area contributed by atoms with E-state index in [1.807, 2.05) is 0 Å². The average Bonchev–Trinajstić information content (AvgIpc) is 3.25. The fraction of sp³-hybridized carbons (Fsp3) is 0.947. The van der Waals surface area contributed by atoms with Gasteiger partial charge in [-0.25, -0.2) is 0 Å². The van der Waals surface area contributed by atoms with Crippen molar-refractivity contribution in [2.75, 3.05) is 13.2 Å². The molecular weight excluding hydrogens is 781 g/mol. The molecule has 2 atom stereocenters. The van der Waals surface area contributed by atoms with Crippen molar-refractivity contribution < 1.29 is 28.6 Å². The first-order valence-electron chi connectivity index (χ1n) is 28.1. The van der Waals surface area contributed by atoms with E-state index in [1.54, 1.807) is 0 Å². The summed E-state index contributed by atoms with van der Waals surface area (Å²) in [5.41, 5.74) is 0. The quantitative estimate of drug-likeness (QED) is 0.0344. The molecule has 0 amide bonds. The van der Waals surface area contributed by atoms with Crippen molar-refractivity contribution >= 4 is 17.9 Å². The summed E-state index contributed by atoms with van der Waals surface area (Å²) in [6.45, 7) is 13.8. The summed E-state index contributed by atoms with van der Waals surface area (Å²) in [7, 11) is 0. The molecule has 0 aromatic rings. The van der Waals surface area contributed by atoms with Crippen molar-refractivity contribution in [2.45, 2.75) is 317 Å². The first kappa shape index (κ1) is 61.4. The van der Waals surface area contributed by atoms with E-state index in [0.29, 0.717) is 19.3 Å². The lowest BCUT2D eigenvalue weighted by Crippen LogP contribution is -2.30. The van der Waals surface area contributed by atoms with Crippen LogP contribution in [0, 0.1) is 17.8 Å². The van der Waals surface area contributed by atoms with Crippen molar-refractivity contribution in [1.29, 1.82) is 0 Å². The van der Waals surface area contributed by atoms with Crippen molar-refractivity contribution in [3.63, 3.8) is 0 Å². The number of hydrogen-bond donors (Lipinski definition) is 0. The third kappa shape index (κ3) is 49.7. The lowest BCUT2D eigenvalue weighted by Gasteiger charge is -2.18. The summed E-state index contributed by atoms with van der Waals surface area (Å²) < 4.78 is 16.9. The van der Waals surface area contributed by atoms with Crippen LogP contribution in [0.25, 0.3) is 0 Å². The van der Waals surface area contributed by atoms with Gasteiger partial charge in [-0.2, -0.15) is 0 Å². The molecule has 6 heteroatoms. The number of carbonyl (C=O) groups is 3. The largest absolute Gasteiger partial charge is 0.462 e. The smallest absolute Gasteiger partial charge is 0.306 e. The molecule has 374 valence electrons. The van der Waals surface area contributed by atoms with Gasteiger partial charge in [0.25, 0.3) is 0 Å². The predicted octanol–water partition coefficient (Wildman–Crippen LogP) is 18.3. The second-order valence-corrected chi connectivity index (χ2v) is 20.8. The van der Waals surface area contributed by atoms with Gasteiger partial charge in [-0.05, 0) is 37.0 Å². The van der Waals surface area contributed by atoms with Crippen LogP contribution in [0.2, 0.25) is 0 Å². The summed E-state index contributed by atoms with van der Waals surface area (Å²) in [4.78, 5) is 38.1. The molecule has 0 aromatic heterocycles.